The van der Waals surface area contributed by atoms with Gasteiger partial charge in [-0.3, -0.25) is 24.1 Å². The number of benzene rings is 4. The van der Waals surface area contributed by atoms with Gasteiger partial charge < -0.3 is 5.11 Å². The molecule has 0 spiro atoms. The number of carbonyl (C=O) groups excluding carboxylic acids is 4. The van der Waals surface area contributed by atoms with E-state index in [9.17, 15) is 19.5 Å². The molecule has 0 aromatic heterocycles. The number of phenols is 1. The summed E-state index contributed by atoms with van der Waals surface area (Å²) in [7, 11) is 0. The standard InChI is InChI=1S/C39H30BrClN2O5/c40-24-14-17-32(44)30(18-24)34-27-15-16-28-33(37(47)42(35(28)45)21-22-8-3-1-4-9-22)29(27)20-31-36(46)43(26-13-7-12-25(41)19-26)38(48)39(31,34)23-10-5-2-6-11-23/h1-15,17-19,28-29,31,33-34,44H,16,20-21H2/t28-,29+,31-,33-,34+,39+/m0/s1. The first-order chi connectivity index (χ1) is 23.2. The lowest BCUT2D eigenvalue weighted by atomic mass is 9.49. The fraction of sp³-hybridized carbons (Fsp3) is 0.231. The number of allylic oxidation sites excluding steroid dienone is 2. The van der Waals surface area contributed by atoms with E-state index in [2.05, 4.69) is 15.9 Å². The van der Waals surface area contributed by atoms with Crippen LogP contribution in [0.2, 0.25) is 5.02 Å². The molecule has 4 aromatic rings. The molecule has 4 aliphatic rings. The summed E-state index contributed by atoms with van der Waals surface area (Å²) in [6.45, 7) is 0.167. The van der Waals surface area contributed by atoms with Gasteiger partial charge in [0.2, 0.25) is 23.6 Å². The summed E-state index contributed by atoms with van der Waals surface area (Å²) in [5.41, 5.74) is 1.66. The summed E-state index contributed by atoms with van der Waals surface area (Å²) in [6.07, 6.45) is 2.50. The number of hydrogen-bond acceptors (Lipinski definition) is 5. The molecule has 48 heavy (non-hydrogen) atoms. The molecule has 1 N–H and O–H groups in total. The predicted molar refractivity (Wildman–Crippen MR) is 184 cm³/mol. The lowest BCUT2D eigenvalue weighted by molar-refractivity contribution is -0.141. The Morgan fingerprint density at radius 3 is 2.27 bits per heavy atom. The van der Waals surface area contributed by atoms with Crippen LogP contribution in [0.25, 0.3) is 0 Å². The van der Waals surface area contributed by atoms with Gasteiger partial charge in [-0.25, -0.2) is 4.90 Å². The first-order valence-corrected chi connectivity index (χ1v) is 17.2. The Labute approximate surface area is 290 Å². The Hall–Kier alpha value is -4.53. The van der Waals surface area contributed by atoms with E-state index in [1.165, 1.54) is 9.80 Å². The Balaban J connectivity index is 1.34. The van der Waals surface area contributed by atoms with Gasteiger partial charge in [0.25, 0.3) is 0 Å². The molecule has 4 amide bonds. The second-order valence-electron chi connectivity index (χ2n) is 13.0. The molecule has 7 nitrogen and oxygen atoms in total. The number of aromatic hydroxyl groups is 1. The van der Waals surface area contributed by atoms with E-state index in [4.69, 9.17) is 11.6 Å². The van der Waals surface area contributed by atoms with E-state index in [-0.39, 0.29) is 30.5 Å². The highest BCUT2D eigenvalue weighted by atomic mass is 79.9. The lowest BCUT2D eigenvalue weighted by Crippen LogP contribution is -2.53. The van der Waals surface area contributed by atoms with Crippen LogP contribution in [-0.4, -0.2) is 33.6 Å². The number of nitrogens with zero attached hydrogens (tertiary/aromatic N) is 2. The molecule has 240 valence electrons. The molecule has 6 atom stereocenters. The van der Waals surface area contributed by atoms with E-state index < -0.39 is 46.8 Å². The van der Waals surface area contributed by atoms with Crippen molar-refractivity contribution in [3.8, 4) is 5.75 Å². The fourth-order valence-electron chi connectivity index (χ4n) is 8.83. The average Bonchev–Trinajstić information content (AvgIpc) is 3.47. The van der Waals surface area contributed by atoms with Crippen molar-refractivity contribution in [2.45, 2.75) is 30.7 Å². The monoisotopic (exact) mass is 720 g/mol. The fourth-order valence-corrected chi connectivity index (χ4v) is 9.40. The second-order valence-corrected chi connectivity index (χ2v) is 14.4. The number of fused-ring (bicyclic) bond motifs is 4. The van der Waals surface area contributed by atoms with Crippen molar-refractivity contribution in [1.29, 1.82) is 0 Å². The van der Waals surface area contributed by atoms with Gasteiger partial charge in [0.15, 0.2) is 0 Å². The maximum atomic E-state index is 15.3. The molecular formula is C39H30BrClN2O5. The highest BCUT2D eigenvalue weighted by Gasteiger charge is 2.70. The van der Waals surface area contributed by atoms with Crippen LogP contribution in [0.1, 0.15) is 35.4 Å². The smallest absolute Gasteiger partial charge is 0.246 e. The zero-order valence-electron chi connectivity index (χ0n) is 25.6. The number of amides is 4. The minimum atomic E-state index is -1.45. The summed E-state index contributed by atoms with van der Waals surface area (Å²) < 4.78 is 0.691. The molecule has 1 saturated carbocycles. The molecule has 4 aromatic carbocycles. The predicted octanol–water partition coefficient (Wildman–Crippen LogP) is 7.17. The van der Waals surface area contributed by atoms with E-state index >= 15 is 4.79 Å². The van der Waals surface area contributed by atoms with Crippen molar-refractivity contribution < 1.29 is 24.3 Å². The van der Waals surface area contributed by atoms with E-state index in [0.717, 1.165) is 11.1 Å². The van der Waals surface area contributed by atoms with Gasteiger partial charge in [-0.1, -0.05) is 106 Å². The van der Waals surface area contributed by atoms with Crippen LogP contribution in [0.5, 0.6) is 5.75 Å². The zero-order valence-corrected chi connectivity index (χ0v) is 28.0. The Kier molecular flexibility index (Phi) is 7.42. The van der Waals surface area contributed by atoms with Crippen LogP contribution in [0.3, 0.4) is 0 Å². The second kappa shape index (κ2) is 11.6. The maximum absolute atomic E-state index is 15.3. The van der Waals surface area contributed by atoms with Gasteiger partial charge in [0, 0.05) is 21.0 Å². The highest BCUT2D eigenvalue weighted by molar-refractivity contribution is 9.10. The summed E-state index contributed by atoms with van der Waals surface area (Å²) in [4.78, 5) is 60.8. The molecule has 2 aliphatic heterocycles. The maximum Gasteiger partial charge on any atom is 0.246 e. The Bertz CT molecular complexity index is 2030. The molecule has 3 fully saturated rings. The summed E-state index contributed by atoms with van der Waals surface area (Å²) in [6, 6.07) is 30.4. The number of halogens is 2. The molecule has 0 unspecified atom stereocenters. The first kappa shape index (κ1) is 30.8. The van der Waals surface area contributed by atoms with Gasteiger partial charge in [-0.05, 0) is 66.3 Å². The minimum Gasteiger partial charge on any atom is -0.508 e. The molecule has 2 heterocycles. The summed E-state index contributed by atoms with van der Waals surface area (Å²) >= 11 is 9.95. The van der Waals surface area contributed by atoms with Gasteiger partial charge in [0.05, 0.1) is 35.4 Å². The summed E-state index contributed by atoms with van der Waals surface area (Å²) in [5.74, 6) is -4.83. The summed E-state index contributed by atoms with van der Waals surface area (Å²) in [5, 5.41) is 11.9. The van der Waals surface area contributed by atoms with Crippen molar-refractivity contribution in [2.24, 2.45) is 23.7 Å². The number of phenolic OH excluding ortho intramolecular Hbond substituents is 1. The minimum absolute atomic E-state index is 0.0260. The number of rotatable bonds is 5. The van der Waals surface area contributed by atoms with Crippen molar-refractivity contribution >= 4 is 56.8 Å². The molecule has 9 heteroatoms. The van der Waals surface area contributed by atoms with E-state index in [0.29, 0.717) is 32.7 Å². The number of likely N-dealkylation sites (tertiary alicyclic amines) is 1. The number of carbonyl (C=O) groups is 4. The largest absolute Gasteiger partial charge is 0.508 e. The van der Waals surface area contributed by atoms with E-state index in [1.54, 1.807) is 42.5 Å². The van der Waals surface area contributed by atoms with Gasteiger partial charge in [-0.2, -0.15) is 0 Å². The third kappa shape index (κ3) is 4.46. The van der Waals surface area contributed by atoms with Crippen LogP contribution < -0.4 is 4.90 Å². The van der Waals surface area contributed by atoms with Crippen LogP contribution in [0.4, 0.5) is 5.69 Å². The lowest BCUT2D eigenvalue weighted by Gasteiger charge is -2.50. The Morgan fingerprint density at radius 1 is 0.812 bits per heavy atom. The van der Waals surface area contributed by atoms with Gasteiger partial charge in [0.1, 0.15) is 5.75 Å². The first-order valence-electron chi connectivity index (χ1n) is 16.0. The number of hydrogen-bond donors (Lipinski definition) is 1. The van der Waals surface area contributed by atoms with E-state index in [1.807, 2.05) is 66.7 Å². The van der Waals surface area contributed by atoms with Crippen LogP contribution in [0, 0.1) is 23.7 Å². The molecule has 0 radical (unpaired) electrons. The third-order valence-electron chi connectivity index (χ3n) is 10.7. The SMILES string of the molecule is O=C1[C@H]2[C@H](CC=C3[C@H]2C[C@H]2C(=O)N(c4cccc(Cl)c4)C(=O)[C@@]2(c2ccccc2)[C@H]3c2cc(Br)ccc2O)C(=O)N1Cc1ccccc1. The number of imide groups is 2. The average molecular weight is 722 g/mol. The molecule has 0 bridgehead atoms. The zero-order chi connectivity index (χ0) is 33.3. The topological polar surface area (TPSA) is 95.0 Å². The van der Waals surface area contributed by atoms with Crippen molar-refractivity contribution in [1.82, 2.24) is 4.90 Å². The molecule has 2 saturated heterocycles. The van der Waals surface area contributed by atoms with Crippen LogP contribution >= 0.6 is 27.5 Å². The van der Waals surface area contributed by atoms with Crippen molar-refractivity contribution in [2.75, 3.05) is 4.90 Å². The molecular weight excluding hydrogens is 692 g/mol. The van der Waals surface area contributed by atoms with Gasteiger partial charge >= 0.3 is 0 Å². The highest BCUT2D eigenvalue weighted by Crippen LogP contribution is 2.65. The Morgan fingerprint density at radius 2 is 1.54 bits per heavy atom. The number of anilines is 1. The van der Waals surface area contributed by atoms with Crippen LogP contribution in [0.15, 0.2) is 119 Å². The van der Waals surface area contributed by atoms with Crippen LogP contribution in [-0.2, 0) is 31.1 Å². The third-order valence-corrected chi connectivity index (χ3v) is 11.5. The molecule has 2 aliphatic carbocycles. The normalized spacial score (nSPS) is 27.9. The van der Waals surface area contributed by atoms with Gasteiger partial charge in [-0.15, -0.1) is 0 Å². The van der Waals surface area contributed by atoms with Crippen molar-refractivity contribution in [3.63, 3.8) is 0 Å². The van der Waals surface area contributed by atoms with Crippen molar-refractivity contribution in [3.05, 3.63) is 141 Å². The molecule has 8 rings (SSSR count). The quantitative estimate of drug-likeness (QED) is 0.174.